The van der Waals surface area contributed by atoms with Gasteiger partial charge in [0, 0.05) is 5.56 Å². The van der Waals surface area contributed by atoms with Crippen molar-refractivity contribution >= 4 is 15.9 Å². The third kappa shape index (κ3) is 1.84. The van der Waals surface area contributed by atoms with E-state index in [-0.39, 0.29) is 6.04 Å². The molecule has 0 spiro atoms. The quantitative estimate of drug-likeness (QED) is 0.865. The standard InChI is InChI=1S/C12H14N2O2S/c1-8(9-6-7-9)13-12-10-4-2-3-5-11(10)17(15,16)14-12/h2-5,8-9H,6-7H2,1H3,(H,13,14). The average molecular weight is 250 g/mol. The minimum atomic E-state index is -3.39. The van der Waals surface area contributed by atoms with Crippen molar-refractivity contribution in [1.29, 1.82) is 0 Å². The van der Waals surface area contributed by atoms with Crippen LogP contribution < -0.4 is 4.72 Å². The molecule has 1 unspecified atom stereocenters. The molecule has 0 bridgehead atoms. The molecule has 1 aliphatic heterocycles. The molecule has 1 aromatic carbocycles. The topological polar surface area (TPSA) is 58.5 Å². The monoisotopic (exact) mass is 250 g/mol. The van der Waals surface area contributed by atoms with Crippen LogP contribution in [0, 0.1) is 5.92 Å². The lowest BCUT2D eigenvalue weighted by Crippen LogP contribution is -2.24. The van der Waals surface area contributed by atoms with Gasteiger partial charge >= 0.3 is 0 Å². The lowest BCUT2D eigenvalue weighted by molar-refractivity contribution is 0.594. The highest BCUT2D eigenvalue weighted by Crippen LogP contribution is 2.34. The van der Waals surface area contributed by atoms with Crippen molar-refractivity contribution in [3.05, 3.63) is 29.8 Å². The van der Waals surface area contributed by atoms with E-state index in [9.17, 15) is 8.42 Å². The van der Waals surface area contributed by atoms with Gasteiger partial charge in [-0.1, -0.05) is 12.1 Å². The van der Waals surface area contributed by atoms with E-state index >= 15 is 0 Å². The van der Waals surface area contributed by atoms with Crippen molar-refractivity contribution in [3.8, 4) is 0 Å². The highest BCUT2D eigenvalue weighted by Gasteiger charge is 2.33. The second-order valence-electron chi connectivity index (χ2n) is 4.66. The Hall–Kier alpha value is -1.36. The first-order valence-corrected chi connectivity index (χ1v) is 7.26. The Morgan fingerprint density at radius 2 is 2.06 bits per heavy atom. The maximum Gasteiger partial charge on any atom is 0.263 e. The smallest absolute Gasteiger partial charge is 0.263 e. The predicted octanol–water partition coefficient (Wildman–Crippen LogP) is 1.52. The molecule has 4 nitrogen and oxygen atoms in total. The molecule has 2 aliphatic rings. The zero-order valence-corrected chi connectivity index (χ0v) is 10.4. The molecule has 90 valence electrons. The number of fused-ring (bicyclic) bond motifs is 1. The molecule has 3 rings (SSSR count). The summed E-state index contributed by atoms with van der Waals surface area (Å²) in [5.41, 5.74) is 0.694. The lowest BCUT2D eigenvalue weighted by atomic mass is 10.2. The summed E-state index contributed by atoms with van der Waals surface area (Å²) < 4.78 is 26.2. The van der Waals surface area contributed by atoms with Crippen molar-refractivity contribution in [3.63, 3.8) is 0 Å². The van der Waals surface area contributed by atoms with Crippen LogP contribution in [0.25, 0.3) is 0 Å². The molecule has 1 aromatic rings. The van der Waals surface area contributed by atoms with E-state index in [1.165, 1.54) is 12.8 Å². The van der Waals surface area contributed by atoms with Crippen LogP contribution >= 0.6 is 0 Å². The van der Waals surface area contributed by atoms with E-state index in [0.29, 0.717) is 22.2 Å². The SMILES string of the molecule is CC(N=C1NS(=O)(=O)c2ccccc21)C1CC1. The van der Waals surface area contributed by atoms with Crippen molar-refractivity contribution in [2.45, 2.75) is 30.7 Å². The number of amidine groups is 1. The van der Waals surface area contributed by atoms with Crippen LogP contribution in [0.1, 0.15) is 25.3 Å². The minimum absolute atomic E-state index is 0.193. The van der Waals surface area contributed by atoms with Crippen LogP contribution in [0.15, 0.2) is 34.2 Å². The van der Waals surface area contributed by atoms with Gasteiger partial charge in [0.2, 0.25) is 0 Å². The molecule has 0 radical (unpaired) electrons. The summed E-state index contributed by atoms with van der Waals surface area (Å²) in [6, 6.07) is 7.16. The van der Waals surface area contributed by atoms with E-state index in [0.717, 1.165) is 0 Å². The van der Waals surface area contributed by atoms with Crippen molar-refractivity contribution in [2.24, 2.45) is 10.9 Å². The first-order chi connectivity index (χ1) is 8.08. The summed E-state index contributed by atoms with van der Waals surface area (Å²) >= 11 is 0. The number of hydrogen-bond acceptors (Lipinski definition) is 3. The molecular weight excluding hydrogens is 236 g/mol. The van der Waals surface area contributed by atoms with Crippen LogP contribution in [-0.4, -0.2) is 20.3 Å². The number of rotatable bonds is 2. The first kappa shape index (κ1) is 10.8. The van der Waals surface area contributed by atoms with Gasteiger partial charge < -0.3 is 0 Å². The molecule has 1 atom stereocenters. The van der Waals surface area contributed by atoms with Crippen LogP contribution in [0.4, 0.5) is 0 Å². The summed E-state index contributed by atoms with van der Waals surface area (Å²) in [6.07, 6.45) is 2.40. The van der Waals surface area contributed by atoms with Gasteiger partial charge in [0.1, 0.15) is 5.84 Å². The minimum Gasteiger partial charge on any atom is -0.264 e. The average Bonchev–Trinajstić information content (AvgIpc) is 3.08. The van der Waals surface area contributed by atoms with Crippen LogP contribution in [0.5, 0.6) is 0 Å². The van der Waals surface area contributed by atoms with E-state index in [1.807, 2.05) is 13.0 Å². The van der Waals surface area contributed by atoms with Crippen LogP contribution in [0.3, 0.4) is 0 Å². The molecule has 1 heterocycles. The van der Waals surface area contributed by atoms with Crippen molar-refractivity contribution in [1.82, 2.24) is 4.72 Å². The second kappa shape index (κ2) is 3.57. The maximum absolute atomic E-state index is 11.8. The summed E-state index contributed by atoms with van der Waals surface area (Å²) in [6.45, 7) is 2.04. The molecule has 0 amide bonds. The Labute approximate surface area is 101 Å². The summed E-state index contributed by atoms with van der Waals surface area (Å²) in [5, 5.41) is 0. The summed E-state index contributed by atoms with van der Waals surface area (Å²) in [7, 11) is -3.39. The van der Waals surface area contributed by atoms with Gasteiger partial charge in [-0.2, -0.15) is 0 Å². The number of aliphatic imine (C=N–C) groups is 1. The zero-order chi connectivity index (χ0) is 12.0. The van der Waals surface area contributed by atoms with E-state index in [2.05, 4.69) is 9.71 Å². The summed E-state index contributed by atoms with van der Waals surface area (Å²) in [5.74, 6) is 1.12. The number of benzene rings is 1. The van der Waals surface area contributed by atoms with Gasteiger partial charge in [-0.25, -0.2) is 8.42 Å². The van der Waals surface area contributed by atoms with Gasteiger partial charge in [-0.15, -0.1) is 0 Å². The number of nitrogens with zero attached hydrogens (tertiary/aromatic N) is 1. The Bertz CT molecular complexity index is 588. The largest absolute Gasteiger partial charge is 0.264 e. The number of nitrogens with one attached hydrogen (secondary N) is 1. The first-order valence-electron chi connectivity index (χ1n) is 5.78. The van der Waals surface area contributed by atoms with Crippen molar-refractivity contribution < 1.29 is 8.42 Å². The Kier molecular flexibility index (Phi) is 2.26. The summed E-state index contributed by atoms with van der Waals surface area (Å²) in [4.78, 5) is 4.84. The van der Waals surface area contributed by atoms with Crippen molar-refractivity contribution in [2.75, 3.05) is 0 Å². The molecule has 1 saturated carbocycles. The molecular formula is C12H14N2O2S. The van der Waals surface area contributed by atoms with E-state index in [4.69, 9.17) is 0 Å². The van der Waals surface area contributed by atoms with E-state index in [1.54, 1.807) is 18.2 Å². The third-order valence-corrected chi connectivity index (χ3v) is 4.70. The fourth-order valence-electron chi connectivity index (χ4n) is 2.12. The zero-order valence-electron chi connectivity index (χ0n) is 9.55. The van der Waals surface area contributed by atoms with Gasteiger partial charge in [0.05, 0.1) is 10.9 Å². The number of hydrogen-bond donors (Lipinski definition) is 1. The molecule has 1 N–H and O–H groups in total. The maximum atomic E-state index is 11.8. The van der Waals surface area contributed by atoms with Gasteiger partial charge in [0.25, 0.3) is 10.0 Å². The van der Waals surface area contributed by atoms with Gasteiger partial charge in [-0.05, 0) is 37.8 Å². The molecule has 1 aliphatic carbocycles. The normalized spacial score (nSPS) is 25.4. The Balaban J connectivity index is 2.04. The predicted molar refractivity (Wildman–Crippen MR) is 65.5 cm³/mol. The molecule has 17 heavy (non-hydrogen) atoms. The lowest BCUT2D eigenvalue weighted by Gasteiger charge is -2.05. The molecule has 0 saturated heterocycles. The van der Waals surface area contributed by atoms with Gasteiger partial charge in [-0.3, -0.25) is 9.71 Å². The Morgan fingerprint density at radius 1 is 1.35 bits per heavy atom. The van der Waals surface area contributed by atoms with Crippen LogP contribution in [-0.2, 0) is 10.0 Å². The third-order valence-electron chi connectivity index (χ3n) is 3.30. The highest BCUT2D eigenvalue weighted by molar-refractivity contribution is 7.90. The number of sulfonamides is 1. The second-order valence-corrected chi connectivity index (χ2v) is 6.31. The van der Waals surface area contributed by atoms with Crippen LogP contribution in [0.2, 0.25) is 0 Å². The highest BCUT2D eigenvalue weighted by atomic mass is 32.2. The molecule has 5 heteroatoms. The molecule has 1 fully saturated rings. The molecule has 0 aromatic heterocycles. The van der Waals surface area contributed by atoms with E-state index < -0.39 is 10.0 Å². The fraction of sp³-hybridized carbons (Fsp3) is 0.417. The Morgan fingerprint density at radius 3 is 2.76 bits per heavy atom. The fourth-order valence-corrected chi connectivity index (χ4v) is 3.36. The van der Waals surface area contributed by atoms with Gasteiger partial charge in [0.15, 0.2) is 0 Å².